The molecule has 3 heterocycles. The van der Waals surface area contributed by atoms with Gasteiger partial charge in [0.15, 0.2) is 29.3 Å². The SMILES string of the molecule is CCC[C@H]1O[C@H](O[C@@H]2c3cc4c(cc3[C@@H](c3cc(OC)c(O)c(OC)c3)[C@H]3C(=O)OC[C@@H]32)OCO4)CC[C@H]1O. The molecule has 0 saturated carbocycles. The van der Waals surface area contributed by atoms with Crippen LogP contribution in [0.4, 0.5) is 0 Å². The van der Waals surface area contributed by atoms with Gasteiger partial charge in [-0.2, -0.15) is 0 Å². The van der Waals surface area contributed by atoms with E-state index in [1.54, 1.807) is 12.1 Å². The van der Waals surface area contributed by atoms with E-state index in [1.165, 1.54) is 14.2 Å². The van der Waals surface area contributed by atoms with E-state index >= 15 is 0 Å². The molecule has 4 aliphatic rings. The number of aliphatic hydroxyl groups is 1. The fraction of sp³-hybridized carbons (Fsp3) is 0.552. The Labute approximate surface area is 226 Å². The molecule has 10 nitrogen and oxygen atoms in total. The molecule has 0 unspecified atom stereocenters. The number of hydrogen-bond acceptors (Lipinski definition) is 10. The number of hydrogen-bond donors (Lipinski definition) is 2. The summed E-state index contributed by atoms with van der Waals surface area (Å²) in [5, 5.41) is 21.0. The van der Waals surface area contributed by atoms with Crippen LogP contribution >= 0.6 is 0 Å². The van der Waals surface area contributed by atoms with Gasteiger partial charge < -0.3 is 43.4 Å². The van der Waals surface area contributed by atoms with E-state index < -0.39 is 30.3 Å². The summed E-state index contributed by atoms with van der Waals surface area (Å²) in [7, 11) is 2.93. The highest BCUT2D eigenvalue weighted by Gasteiger charge is 2.54. The molecule has 2 aromatic rings. The number of cyclic esters (lactones) is 1. The molecule has 3 aliphatic heterocycles. The lowest BCUT2D eigenvalue weighted by molar-refractivity contribution is -0.250. The number of phenols is 1. The van der Waals surface area contributed by atoms with Gasteiger partial charge in [0.05, 0.1) is 45.1 Å². The number of ether oxygens (including phenoxy) is 7. The lowest BCUT2D eigenvalue weighted by Crippen LogP contribution is -2.43. The molecule has 39 heavy (non-hydrogen) atoms. The van der Waals surface area contributed by atoms with Crippen molar-refractivity contribution in [3.05, 3.63) is 41.0 Å². The van der Waals surface area contributed by atoms with Gasteiger partial charge in [0.1, 0.15) is 0 Å². The molecule has 10 heteroatoms. The Kier molecular flexibility index (Phi) is 6.95. The van der Waals surface area contributed by atoms with Gasteiger partial charge in [-0.15, -0.1) is 0 Å². The maximum Gasteiger partial charge on any atom is 0.310 e. The predicted octanol–water partition coefficient (Wildman–Crippen LogP) is 3.80. The Balaban J connectivity index is 1.45. The summed E-state index contributed by atoms with van der Waals surface area (Å²) in [6, 6.07) is 7.27. The summed E-state index contributed by atoms with van der Waals surface area (Å²) in [5.41, 5.74) is 2.42. The van der Waals surface area contributed by atoms with Crippen LogP contribution in [0.3, 0.4) is 0 Å². The zero-order valence-electron chi connectivity index (χ0n) is 22.3. The van der Waals surface area contributed by atoms with Crippen LogP contribution in [-0.2, 0) is 19.0 Å². The van der Waals surface area contributed by atoms with Crippen molar-refractivity contribution in [1.82, 2.24) is 0 Å². The topological polar surface area (TPSA) is 122 Å². The van der Waals surface area contributed by atoms with Gasteiger partial charge in [-0.3, -0.25) is 4.79 Å². The van der Waals surface area contributed by atoms with E-state index in [4.69, 9.17) is 33.2 Å². The third-order valence-corrected chi connectivity index (χ3v) is 8.31. The lowest BCUT2D eigenvalue weighted by atomic mass is 9.66. The molecule has 0 radical (unpaired) electrons. The Morgan fingerprint density at radius 2 is 1.67 bits per heavy atom. The molecular weight excluding hydrogens is 508 g/mol. The minimum absolute atomic E-state index is 0.104. The molecule has 2 fully saturated rings. The molecule has 2 aromatic carbocycles. The van der Waals surface area contributed by atoms with E-state index in [1.807, 2.05) is 12.1 Å². The molecule has 210 valence electrons. The standard InChI is InChI=1S/C29H34O10/c1-4-5-19-18(30)6-7-24(38-19)39-28-16-11-21-20(36-13-37-21)10-15(16)25(26-17(28)12-35-29(26)32)14-8-22(33-2)27(31)23(9-14)34-3/h8-11,17-19,24-26,28,30-31H,4-7,12-13H2,1-3H3/t17-,18+,19+,24+,25+,26-,28+/m0/s1. The number of methoxy groups -OCH3 is 2. The van der Waals surface area contributed by atoms with Gasteiger partial charge in [-0.1, -0.05) is 13.3 Å². The van der Waals surface area contributed by atoms with Crippen molar-refractivity contribution in [2.45, 2.75) is 63.1 Å². The molecule has 6 rings (SSSR count). The van der Waals surface area contributed by atoms with Crippen LogP contribution in [0.1, 0.15) is 61.3 Å². The van der Waals surface area contributed by atoms with E-state index in [-0.39, 0.29) is 48.6 Å². The quantitative estimate of drug-likeness (QED) is 0.500. The van der Waals surface area contributed by atoms with E-state index in [0.717, 1.165) is 29.5 Å². The molecule has 7 atom stereocenters. The molecule has 0 amide bonds. The zero-order chi connectivity index (χ0) is 27.3. The lowest BCUT2D eigenvalue weighted by Gasteiger charge is -2.42. The molecule has 2 saturated heterocycles. The Bertz CT molecular complexity index is 1220. The van der Waals surface area contributed by atoms with Crippen molar-refractivity contribution in [2.75, 3.05) is 27.6 Å². The maximum absolute atomic E-state index is 13.3. The highest BCUT2D eigenvalue weighted by Crippen LogP contribution is 2.57. The molecule has 2 N–H and O–H groups in total. The summed E-state index contributed by atoms with van der Waals surface area (Å²) in [5.74, 6) is -0.0849. The number of carbonyl (C=O) groups excluding carboxylic acids is 1. The number of carbonyl (C=O) groups is 1. The minimum atomic E-state index is -0.567. The first-order valence-electron chi connectivity index (χ1n) is 13.5. The van der Waals surface area contributed by atoms with Gasteiger partial charge in [-0.25, -0.2) is 0 Å². The van der Waals surface area contributed by atoms with Crippen molar-refractivity contribution < 1.29 is 48.2 Å². The number of fused-ring (bicyclic) bond motifs is 3. The van der Waals surface area contributed by atoms with Crippen molar-refractivity contribution >= 4 is 5.97 Å². The first-order chi connectivity index (χ1) is 18.9. The fourth-order valence-corrected chi connectivity index (χ4v) is 6.43. The number of benzene rings is 2. The van der Waals surface area contributed by atoms with Gasteiger partial charge in [0.2, 0.25) is 12.5 Å². The first-order valence-corrected chi connectivity index (χ1v) is 13.5. The predicted molar refractivity (Wildman–Crippen MR) is 136 cm³/mol. The number of aliphatic hydroxyl groups excluding tert-OH is 1. The van der Waals surface area contributed by atoms with Crippen LogP contribution in [-0.4, -0.2) is 62.3 Å². The largest absolute Gasteiger partial charge is 0.502 e. The van der Waals surface area contributed by atoms with E-state index in [0.29, 0.717) is 24.3 Å². The molecule has 1 aliphatic carbocycles. The summed E-state index contributed by atoms with van der Waals surface area (Å²) in [4.78, 5) is 13.3. The second-order valence-electron chi connectivity index (χ2n) is 10.5. The van der Waals surface area contributed by atoms with Crippen LogP contribution in [0, 0.1) is 11.8 Å². The molecular formula is C29H34O10. The summed E-state index contributed by atoms with van der Waals surface area (Å²) >= 11 is 0. The van der Waals surface area contributed by atoms with Crippen LogP contribution < -0.4 is 18.9 Å². The van der Waals surface area contributed by atoms with Crippen LogP contribution in [0.25, 0.3) is 0 Å². The third kappa shape index (κ3) is 4.44. The van der Waals surface area contributed by atoms with Crippen molar-refractivity contribution in [2.24, 2.45) is 11.8 Å². The highest BCUT2D eigenvalue weighted by molar-refractivity contribution is 5.79. The first kappa shape index (κ1) is 26.0. The van der Waals surface area contributed by atoms with Gasteiger partial charge >= 0.3 is 5.97 Å². The zero-order valence-corrected chi connectivity index (χ0v) is 22.3. The molecule has 0 aromatic heterocycles. The van der Waals surface area contributed by atoms with Crippen molar-refractivity contribution in [3.63, 3.8) is 0 Å². The third-order valence-electron chi connectivity index (χ3n) is 8.31. The van der Waals surface area contributed by atoms with E-state index in [2.05, 4.69) is 6.92 Å². The molecule has 0 spiro atoms. The maximum atomic E-state index is 13.3. The van der Waals surface area contributed by atoms with Crippen LogP contribution in [0.15, 0.2) is 24.3 Å². The second-order valence-corrected chi connectivity index (χ2v) is 10.5. The van der Waals surface area contributed by atoms with Gasteiger partial charge in [0.25, 0.3) is 0 Å². The summed E-state index contributed by atoms with van der Waals surface area (Å²) < 4.78 is 40.8. The second kappa shape index (κ2) is 10.4. The number of aromatic hydroxyl groups is 1. The van der Waals surface area contributed by atoms with Gasteiger partial charge in [-0.05, 0) is 53.8 Å². The Hall–Kier alpha value is -3.21. The van der Waals surface area contributed by atoms with E-state index in [9.17, 15) is 15.0 Å². The van der Waals surface area contributed by atoms with Crippen LogP contribution in [0.2, 0.25) is 0 Å². The van der Waals surface area contributed by atoms with Crippen molar-refractivity contribution in [1.29, 1.82) is 0 Å². The fourth-order valence-electron chi connectivity index (χ4n) is 6.43. The van der Waals surface area contributed by atoms with Gasteiger partial charge in [0, 0.05) is 18.3 Å². The average molecular weight is 543 g/mol. The molecule has 0 bridgehead atoms. The van der Waals surface area contributed by atoms with Crippen LogP contribution in [0.5, 0.6) is 28.7 Å². The average Bonchev–Trinajstić information content (AvgIpc) is 3.56. The number of phenolic OH excluding ortho intramolecular Hbond substituents is 1. The minimum Gasteiger partial charge on any atom is -0.502 e. The Morgan fingerprint density at radius 1 is 0.974 bits per heavy atom. The number of esters is 1. The smallest absolute Gasteiger partial charge is 0.310 e. The Morgan fingerprint density at radius 3 is 2.33 bits per heavy atom. The summed E-state index contributed by atoms with van der Waals surface area (Å²) in [6.07, 6.45) is 0.885. The monoisotopic (exact) mass is 542 g/mol. The highest BCUT2D eigenvalue weighted by atomic mass is 16.7. The van der Waals surface area contributed by atoms with Crippen molar-refractivity contribution in [3.8, 4) is 28.7 Å². The summed E-state index contributed by atoms with van der Waals surface area (Å²) in [6.45, 7) is 2.35. The normalized spacial score (nSPS) is 30.9. The number of rotatable bonds is 7.